The Morgan fingerprint density at radius 3 is 2.69 bits per heavy atom. The van der Waals surface area contributed by atoms with Crippen LogP contribution >= 0.6 is 23.2 Å². The van der Waals surface area contributed by atoms with Crippen LogP contribution < -0.4 is 10.6 Å². The van der Waals surface area contributed by atoms with E-state index < -0.39 is 5.82 Å². The molecule has 1 heterocycles. The zero-order chi connectivity index (χ0) is 21.0. The van der Waals surface area contributed by atoms with E-state index in [0.717, 1.165) is 6.07 Å². The molecule has 0 bridgehead atoms. The van der Waals surface area contributed by atoms with Crippen molar-refractivity contribution in [3.05, 3.63) is 64.7 Å². The number of carbonyl (C=O) groups excluding carboxylic acids is 1. The molecule has 29 heavy (non-hydrogen) atoms. The van der Waals surface area contributed by atoms with Gasteiger partial charge in [0.2, 0.25) is 5.91 Å². The van der Waals surface area contributed by atoms with Crippen LogP contribution in [-0.2, 0) is 4.79 Å². The highest BCUT2D eigenvalue weighted by Gasteiger charge is 2.11. The molecule has 0 saturated heterocycles. The van der Waals surface area contributed by atoms with Gasteiger partial charge in [0.1, 0.15) is 18.0 Å². The van der Waals surface area contributed by atoms with E-state index in [-0.39, 0.29) is 21.6 Å². The molecule has 0 aliphatic rings. The van der Waals surface area contributed by atoms with Crippen LogP contribution in [-0.4, -0.2) is 41.4 Å². The fourth-order valence-electron chi connectivity index (χ4n) is 2.53. The maximum atomic E-state index is 14.2. The number of nitrogens with zero attached hydrogens (tertiary/aromatic N) is 3. The summed E-state index contributed by atoms with van der Waals surface area (Å²) in [6.45, 7) is 0.655. The topological polar surface area (TPSA) is 70.2 Å². The average molecular weight is 433 g/mol. The number of nitrogens with one attached hydrogen (secondary N) is 2. The van der Waals surface area contributed by atoms with Gasteiger partial charge in [-0.2, -0.15) is 0 Å². The second-order valence-corrected chi connectivity index (χ2v) is 7.29. The van der Waals surface area contributed by atoms with Crippen molar-refractivity contribution in [2.45, 2.75) is 0 Å². The van der Waals surface area contributed by atoms with E-state index in [1.54, 1.807) is 24.3 Å². The van der Waals surface area contributed by atoms with Crippen LogP contribution in [0.3, 0.4) is 0 Å². The molecule has 9 heteroatoms. The lowest BCUT2D eigenvalue weighted by molar-refractivity contribution is -0.111. The minimum Gasteiger partial charge on any atom is -0.337 e. The zero-order valence-corrected chi connectivity index (χ0v) is 17.2. The summed E-state index contributed by atoms with van der Waals surface area (Å²) in [4.78, 5) is 22.4. The summed E-state index contributed by atoms with van der Waals surface area (Å²) in [6.07, 6.45) is 4.60. The minimum atomic E-state index is -0.568. The molecular weight excluding hydrogens is 415 g/mol. The number of benzene rings is 2. The minimum absolute atomic E-state index is 0.120. The molecule has 150 valence electrons. The van der Waals surface area contributed by atoms with Crippen LogP contribution in [0.5, 0.6) is 0 Å². The standard InChI is InChI=1S/C20H18Cl2FN5O/c1-28(2)7-3-4-19(29)26-12-5-6-17-13(8-12)20(25-11-24-17)27-18-10-15(22)14(21)9-16(18)23/h3-6,8-11H,7H2,1-2H3,(H,26,29)(H,24,25,27)/i1-1. The van der Waals surface area contributed by atoms with Gasteiger partial charge in [-0.25, -0.2) is 14.4 Å². The van der Waals surface area contributed by atoms with Gasteiger partial charge in [0.05, 0.1) is 21.2 Å². The zero-order valence-electron chi connectivity index (χ0n) is 15.7. The van der Waals surface area contributed by atoms with Gasteiger partial charge in [-0.15, -0.1) is 0 Å². The summed E-state index contributed by atoms with van der Waals surface area (Å²) in [7, 11) is 3.83. The predicted octanol–water partition coefficient (Wildman–Crippen LogP) is 4.88. The Morgan fingerprint density at radius 2 is 1.93 bits per heavy atom. The summed E-state index contributed by atoms with van der Waals surface area (Å²) in [5, 5.41) is 6.63. The number of hydrogen-bond acceptors (Lipinski definition) is 5. The second-order valence-electron chi connectivity index (χ2n) is 6.48. The van der Waals surface area contributed by atoms with Crippen LogP contribution in [0, 0.1) is 5.82 Å². The van der Waals surface area contributed by atoms with Gasteiger partial charge in [-0.1, -0.05) is 29.3 Å². The largest absolute Gasteiger partial charge is 0.337 e. The number of halogens is 3. The molecule has 0 aliphatic heterocycles. The van der Waals surface area contributed by atoms with E-state index in [0.29, 0.717) is 29.0 Å². The Bertz CT molecular complexity index is 1090. The van der Waals surface area contributed by atoms with Crippen LogP contribution in [0.2, 0.25) is 10.0 Å². The lowest BCUT2D eigenvalue weighted by Gasteiger charge is -2.11. The van der Waals surface area contributed by atoms with Crippen molar-refractivity contribution >= 4 is 57.2 Å². The number of amides is 1. The van der Waals surface area contributed by atoms with Crippen molar-refractivity contribution in [1.29, 1.82) is 0 Å². The fraction of sp³-hybridized carbons (Fsp3) is 0.150. The Morgan fingerprint density at radius 1 is 1.17 bits per heavy atom. The number of rotatable bonds is 6. The van der Waals surface area contributed by atoms with Gasteiger partial charge in [0, 0.05) is 23.7 Å². The molecule has 0 unspecified atom stereocenters. The molecule has 1 aromatic heterocycles. The number of fused-ring (bicyclic) bond motifs is 1. The molecule has 2 aromatic carbocycles. The predicted molar refractivity (Wildman–Crippen MR) is 116 cm³/mol. The van der Waals surface area contributed by atoms with Crippen LogP contribution in [0.25, 0.3) is 10.9 Å². The first kappa shape index (κ1) is 21.0. The molecule has 0 atom stereocenters. The van der Waals surface area contributed by atoms with Crippen molar-refractivity contribution in [3.8, 4) is 0 Å². The van der Waals surface area contributed by atoms with Crippen LogP contribution in [0.1, 0.15) is 0 Å². The number of hydrogen-bond donors (Lipinski definition) is 2. The third-order valence-corrected chi connectivity index (χ3v) is 4.63. The maximum absolute atomic E-state index is 14.2. The Labute approximate surface area is 177 Å². The summed E-state index contributed by atoms with van der Waals surface area (Å²) in [5.41, 5.74) is 1.31. The van der Waals surface area contributed by atoms with Gasteiger partial charge >= 0.3 is 0 Å². The lowest BCUT2D eigenvalue weighted by atomic mass is 10.2. The Balaban J connectivity index is 1.88. The van der Waals surface area contributed by atoms with E-state index in [9.17, 15) is 9.18 Å². The first-order valence-electron chi connectivity index (χ1n) is 8.62. The Hall–Kier alpha value is -2.74. The molecule has 6 nitrogen and oxygen atoms in total. The molecule has 0 saturated carbocycles. The van der Waals surface area contributed by atoms with Crippen molar-refractivity contribution < 1.29 is 9.18 Å². The third-order valence-electron chi connectivity index (χ3n) is 3.91. The molecule has 3 rings (SSSR count). The van der Waals surface area contributed by atoms with E-state index in [1.165, 1.54) is 18.5 Å². The summed E-state index contributed by atoms with van der Waals surface area (Å²) < 4.78 is 14.2. The third kappa shape index (κ3) is 5.41. The molecular formula is C20H18Cl2FN5O. The maximum Gasteiger partial charge on any atom is 0.248 e. The molecule has 0 fully saturated rings. The monoisotopic (exact) mass is 432 g/mol. The number of aromatic nitrogens is 2. The lowest BCUT2D eigenvalue weighted by Crippen LogP contribution is -2.13. The highest BCUT2D eigenvalue weighted by molar-refractivity contribution is 6.42. The van der Waals surface area contributed by atoms with Crippen molar-refractivity contribution in [3.63, 3.8) is 0 Å². The van der Waals surface area contributed by atoms with Gasteiger partial charge in [0.15, 0.2) is 0 Å². The molecule has 1 amide bonds. The van der Waals surface area contributed by atoms with Gasteiger partial charge in [0.25, 0.3) is 0 Å². The molecule has 2 N–H and O–H groups in total. The smallest absolute Gasteiger partial charge is 0.248 e. The molecule has 0 aliphatic carbocycles. The van der Waals surface area contributed by atoms with Crippen molar-refractivity contribution in [2.24, 2.45) is 0 Å². The first-order valence-corrected chi connectivity index (χ1v) is 9.37. The fourth-order valence-corrected chi connectivity index (χ4v) is 2.85. The van der Waals surface area contributed by atoms with E-state index >= 15 is 0 Å². The van der Waals surface area contributed by atoms with E-state index in [2.05, 4.69) is 20.6 Å². The molecule has 0 spiro atoms. The van der Waals surface area contributed by atoms with Crippen LogP contribution in [0.4, 0.5) is 21.6 Å². The summed E-state index contributed by atoms with van der Waals surface area (Å²) in [5.74, 6) is -0.457. The van der Waals surface area contributed by atoms with E-state index in [1.807, 2.05) is 19.0 Å². The molecule has 3 aromatic rings. The second kappa shape index (κ2) is 9.17. The number of anilines is 3. The van der Waals surface area contributed by atoms with Gasteiger partial charge in [-0.3, -0.25) is 4.79 Å². The Kier molecular flexibility index (Phi) is 6.64. The quantitative estimate of drug-likeness (QED) is 0.429. The van der Waals surface area contributed by atoms with Crippen molar-refractivity contribution in [1.82, 2.24) is 14.9 Å². The normalized spacial score (nSPS) is 11.4. The highest BCUT2D eigenvalue weighted by Crippen LogP contribution is 2.31. The first-order chi connectivity index (χ1) is 13.8. The van der Waals surface area contributed by atoms with Gasteiger partial charge in [-0.05, 0) is 44.4 Å². The van der Waals surface area contributed by atoms with Crippen LogP contribution in [0.15, 0.2) is 48.8 Å². The SMILES string of the molecule is CN([11CH3])CC=CC(=O)Nc1ccc2ncnc(Nc3cc(Cl)c(Cl)cc3F)c2c1. The number of likely N-dealkylation sites (N-methyl/N-ethyl adjacent to an activating group) is 1. The van der Waals surface area contributed by atoms with Crippen molar-refractivity contribution in [2.75, 3.05) is 31.3 Å². The summed E-state index contributed by atoms with van der Waals surface area (Å²) >= 11 is 11.8. The van der Waals surface area contributed by atoms with Gasteiger partial charge < -0.3 is 15.5 Å². The highest BCUT2D eigenvalue weighted by atomic mass is 35.5. The van der Waals surface area contributed by atoms with E-state index in [4.69, 9.17) is 23.2 Å². The molecule has 0 radical (unpaired) electrons. The summed E-state index contributed by atoms with van der Waals surface area (Å²) in [6, 6.07) is 7.70. The average Bonchev–Trinajstić information content (AvgIpc) is 2.66. The number of carbonyl (C=O) groups is 1.